The van der Waals surface area contributed by atoms with Crippen molar-refractivity contribution in [3.05, 3.63) is 48.5 Å². The number of nitrogens with zero attached hydrogens (tertiary/aromatic N) is 3. The Bertz CT molecular complexity index is 1000. The molecule has 0 aliphatic rings. The number of nitrogens with one attached hydrogen (secondary N) is 1. The fourth-order valence-electron chi connectivity index (χ4n) is 3.00. The first-order valence-corrected chi connectivity index (χ1v) is 11.1. The Hall–Kier alpha value is -3.00. The zero-order valence-corrected chi connectivity index (χ0v) is 19.1. The number of ether oxygens (including phenoxy) is 2. The van der Waals surface area contributed by atoms with Gasteiger partial charge < -0.3 is 19.4 Å². The van der Waals surface area contributed by atoms with Crippen molar-refractivity contribution in [2.24, 2.45) is 0 Å². The molecule has 0 aliphatic heterocycles. The zero-order valence-electron chi connectivity index (χ0n) is 18.3. The SMILES string of the molecule is CCCCn1c(S[C@H](C)C(=O)Nc2cccc(OC)c2)nnc1-c1ccc(OC)cc1. The lowest BCUT2D eigenvalue weighted by Gasteiger charge is -2.14. The minimum absolute atomic E-state index is 0.103. The van der Waals surface area contributed by atoms with Gasteiger partial charge in [0.2, 0.25) is 5.91 Å². The average Bonchev–Trinajstić information content (AvgIpc) is 3.19. The number of hydrogen-bond donors (Lipinski definition) is 1. The van der Waals surface area contributed by atoms with Crippen molar-refractivity contribution in [2.75, 3.05) is 19.5 Å². The van der Waals surface area contributed by atoms with Gasteiger partial charge in [-0.3, -0.25) is 4.79 Å². The number of hydrogen-bond acceptors (Lipinski definition) is 6. The second-order valence-corrected chi connectivity index (χ2v) is 8.33. The van der Waals surface area contributed by atoms with Crippen molar-refractivity contribution in [1.82, 2.24) is 14.8 Å². The summed E-state index contributed by atoms with van der Waals surface area (Å²) in [6, 6.07) is 15.1. The van der Waals surface area contributed by atoms with E-state index in [1.807, 2.05) is 49.4 Å². The molecule has 3 rings (SSSR count). The van der Waals surface area contributed by atoms with Crippen LogP contribution >= 0.6 is 11.8 Å². The molecule has 0 unspecified atom stereocenters. The van der Waals surface area contributed by atoms with Gasteiger partial charge in [-0.1, -0.05) is 31.2 Å². The smallest absolute Gasteiger partial charge is 0.237 e. The fourth-order valence-corrected chi connectivity index (χ4v) is 3.88. The minimum atomic E-state index is -0.348. The van der Waals surface area contributed by atoms with E-state index in [0.29, 0.717) is 11.4 Å². The van der Waals surface area contributed by atoms with Crippen LogP contribution in [-0.2, 0) is 11.3 Å². The number of carbonyl (C=O) groups is 1. The number of anilines is 1. The van der Waals surface area contributed by atoms with Crippen molar-refractivity contribution in [2.45, 2.75) is 43.6 Å². The molecule has 0 aliphatic carbocycles. The van der Waals surface area contributed by atoms with Gasteiger partial charge in [0, 0.05) is 23.9 Å². The molecule has 3 aromatic rings. The number of aromatic nitrogens is 3. The summed E-state index contributed by atoms with van der Waals surface area (Å²) >= 11 is 1.40. The number of benzene rings is 2. The summed E-state index contributed by atoms with van der Waals surface area (Å²) in [7, 11) is 3.24. The summed E-state index contributed by atoms with van der Waals surface area (Å²) in [6.07, 6.45) is 2.05. The molecule has 8 heteroatoms. The highest BCUT2D eigenvalue weighted by molar-refractivity contribution is 8.00. The predicted molar refractivity (Wildman–Crippen MR) is 124 cm³/mol. The third kappa shape index (κ3) is 5.79. The highest BCUT2D eigenvalue weighted by atomic mass is 32.2. The van der Waals surface area contributed by atoms with Gasteiger partial charge in [-0.05, 0) is 49.7 Å². The normalized spacial score (nSPS) is 11.7. The molecular weight excluding hydrogens is 412 g/mol. The van der Waals surface area contributed by atoms with Crippen molar-refractivity contribution in [3.8, 4) is 22.9 Å². The lowest BCUT2D eigenvalue weighted by molar-refractivity contribution is -0.115. The Morgan fingerprint density at radius 3 is 2.52 bits per heavy atom. The number of amides is 1. The molecule has 1 heterocycles. The molecule has 1 atom stereocenters. The van der Waals surface area contributed by atoms with Gasteiger partial charge >= 0.3 is 0 Å². The minimum Gasteiger partial charge on any atom is -0.497 e. The number of unbranched alkanes of at least 4 members (excludes halogenated alkanes) is 1. The first-order valence-electron chi connectivity index (χ1n) is 10.2. The molecule has 0 saturated carbocycles. The monoisotopic (exact) mass is 440 g/mol. The van der Waals surface area contributed by atoms with Gasteiger partial charge in [0.1, 0.15) is 11.5 Å². The van der Waals surface area contributed by atoms with Gasteiger partial charge in [-0.15, -0.1) is 10.2 Å². The van der Waals surface area contributed by atoms with Gasteiger partial charge in [-0.2, -0.15) is 0 Å². The maximum absolute atomic E-state index is 12.7. The summed E-state index contributed by atoms with van der Waals surface area (Å²) in [5.41, 5.74) is 1.66. The quantitative estimate of drug-likeness (QED) is 0.453. The highest BCUT2D eigenvalue weighted by Gasteiger charge is 2.21. The molecule has 0 radical (unpaired) electrons. The molecule has 0 fully saturated rings. The van der Waals surface area contributed by atoms with E-state index in [1.165, 1.54) is 11.8 Å². The van der Waals surface area contributed by atoms with Crippen LogP contribution in [0.25, 0.3) is 11.4 Å². The Morgan fingerprint density at radius 1 is 1.10 bits per heavy atom. The molecule has 0 bridgehead atoms. The largest absolute Gasteiger partial charge is 0.497 e. The van der Waals surface area contributed by atoms with E-state index in [2.05, 4.69) is 27.0 Å². The molecule has 0 spiro atoms. The molecule has 31 heavy (non-hydrogen) atoms. The third-order valence-corrected chi connectivity index (χ3v) is 5.87. The van der Waals surface area contributed by atoms with E-state index in [1.54, 1.807) is 20.3 Å². The van der Waals surface area contributed by atoms with Gasteiger partial charge in [0.05, 0.1) is 19.5 Å². The Morgan fingerprint density at radius 2 is 1.84 bits per heavy atom. The van der Waals surface area contributed by atoms with E-state index in [9.17, 15) is 4.79 Å². The van der Waals surface area contributed by atoms with Crippen molar-refractivity contribution < 1.29 is 14.3 Å². The molecular formula is C23H28N4O3S. The third-order valence-electron chi connectivity index (χ3n) is 4.79. The Kier molecular flexibility index (Phi) is 7.94. The molecule has 2 aromatic carbocycles. The van der Waals surface area contributed by atoms with Crippen LogP contribution in [0.2, 0.25) is 0 Å². The molecule has 0 saturated heterocycles. The van der Waals surface area contributed by atoms with Crippen LogP contribution in [0.5, 0.6) is 11.5 Å². The number of rotatable bonds is 10. The first-order chi connectivity index (χ1) is 15.0. The van der Waals surface area contributed by atoms with E-state index < -0.39 is 0 Å². The summed E-state index contributed by atoms with van der Waals surface area (Å²) in [6.45, 7) is 4.80. The maximum atomic E-state index is 12.7. The second kappa shape index (κ2) is 10.9. The van der Waals surface area contributed by atoms with Gasteiger partial charge in [0.25, 0.3) is 0 Å². The number of methoxy groups -OCH3 is 2. The Labute approximate surface area is 187 Å². The molecule has 1 N–H and O–H groups in total. The second-order valence-electron chi connectivity index (χ2n) is 7.02. The van der Waals surface area contributed by atoms with Crippen LogP contribution in [0.3, 0.4) is 0 Å². The van der Waals surface area contributed by atoms with Crippen LogP contribution < -0.4 is 14.8 Å². The summed E-state index contributed by atoms with van der Waals surface area (Å²) in [5, 5.41) is 12.1. The van der Waals surface area contributed by atoms with Crippen LogP contribution in [0.15, 0.2) is 53.7 Å². The van der Waals surface area contributed by atoms with E-state index in [4.69, 9.17) is 9.47 Å². The standard InChI is InChI=1S/C23H28N4O3S/c1-5-6-14-27-21(17-10-12-19(29-3)13-11-17)25-26-23(27)31-16(2)22(28)24-18-8-7-9-20(15-18)30-4/h7-13,15-16H,5-6,14H2,1-4H3,(H,24,28)/t16-/m1/s1. The van der Waals surface area contributed by atoms with E-state index in [-0.39, 0.29) is 11.2 Å². The first kappa shape index (κ1) is 22.7. The number of thioether (sulfide) groups is 1. The molecule has 164 valence electrons. The van der Waals surface area contributed by atoms with Crippen molar-refractivity contribution in [1.29, 1.82) is 0 Å². The molecule has 7 nitrogen and oxygen atoms in total. The van der Waals surface area contributed by atoms with Crippen LogP contribution in [0.1, 0.15) is 26.7 Å². The topological polar surface area (TPSA) is 78.3 Å². The molecule has 1 aromatic heterocycles. The summed E-state index contributed by atoms with van der Waals surface area (Å²) in [4.78, 5) is 12.7. The Balaban J connectivity index is 1.77. The van der Waals surface area contributed by atoms with Crippen LogP contribution in [-0.4, -0.2) is 40.1 Å². The van der Waals surface area contributed by atoms with Crippen molar-refractivity contribution in [3.63, 3.8) is 0 Å². The van der Waals surface area contributed by atoms with E-state index in [0.717, 1.165) is 41.7 Å². The summed E-state index contributed by atoms with van der Waals surface area (Å²) < 4.78 is 12.6. The predicted octanol–water partition coefficient (Wildman–Crippen LogP) is 4.88. The van der Waals surface area contributed by atoms with Gasteiger partial charge in [-0.25, -0.2) is 0 Å². The molecule has 1 amide bonds. The van der Waals surface area contributed by atoms with Gasteiger partial charge in [0.15, 0.2) is 11.0 Å². The summed E-state index contributed by atoms with van der Waals surface area (Å²) in [5.74, 6) is 2.18. The lowest BCUT2D eigenvalue weighted by atomic mass is 10.2. The van der Waals surface area contributed by atoms with Crippen LogP contribution in [0, 0.1) is 0 Å². The highest BCUT2D eigenvalue weighted by Crippen LogP contribution is 2.29. The van der Waals surface area contributed by atoms with Crippen LogP contribution in [0.4, 0.5) is 5.69 Å². The van der Waals surface area contributed by atoms with E-state index >= 15 is 0 Å². The zero-order chi connectivity index (χ0) is 22.2. The fraction of sp³-hybridized carbons (Fsp3) is 0.348. The maximum Gasteiger partial charge on any atom is 0.237 e. The lowest BCUT2D eigenvalue weighted by Crippen LogP contribution is -2.23. The van der Waals surface area contributed by atoms with Crippen molar-refractivity contribution >= 4 is 23.4 Å². The number of carbonyl (C=O) groups excluding carboxylic acids is 1. The average molecular weight is 441 g/mol.